The van der Waals surface area contributed by atoms with E-state index in [4.69, 9.17) is 0 Å². The van der Waals surface area contributed by atoms with Crippen LogP contribution in [0.4, 0.5) is 0 Å². The number of aliphatic hydroxyl groups is 1. The molecule has 2 saturated heterocycles. The number of nitrogens with zero attached hydrogens (tertiary/aromatic N) is 4. The quantitative estimate of drug-likeness (QED) is 0.557. The van der Waals surface area contributed by atoms with Crippen LogP contribution in [0.3, 0.4) is 0 Å². The van der Waals surface area contributed by atoms with Gasteiger partial charge in [0.1, 0.15) is 0 Å². The van der Waals surface area contributed by atoms with Gasteiger partial charge in [0.05, 0.1) is 6.10 Å². The van der Waals surface area contributed by atoms with Gasteiger partial charge in [-0.1, -0.05) is 19.3 Å². The highest BCUT2D eigenvalue weighted by molar-refractivity contribution is 5.80. The highest BCUT2D eigenvalue weighted by atomic mass is 16.3. The van der Waals surface area contributed by atoms with Gasteiger partial charge in [0.15, 0.2) is 5.96 Å². The van der Waals surface area contributed by atoms with Crippen molar-refractivity contribution in [2.45, 2.75) is 51.0 Å². The molecule has 0 aromatic heterocycles. The Morgan fingerprint density at radius 3 is 2.26 bits per heavy atom. The van der Waals surface area contributed by atoms with Crippen molar-refractivity contribution >= 4 is 11.9 Å². The van der Waals surface area contributed by atoms with E-state index in [-0.39, 0.29) is 6.10 Å². The lowest BCUT2D eigenvalue weighted by atomic mass is 9.88. The Balaban J connectivity index is 1.34. The number of aliphatic imine (C=N–C) groups is 1. The number of carbonyl (C=O) groups is 1. The molecular weight excluding hydrogens is 342 g/mol. The van der Waals surface area contributed by atoms with Crippen LogP contribution in [0.2, 0.25) is 0 Å². The third kappa shape index (κ3) is 5.82. The van der Waals surface area contributed by atoms with E-state index >= 15 is 0 Å². The standard InChI is InChI=1S/C20H37N5O2/c1-21-20(25-10-7-18(26)8-11-25)22-9-12-23-13-15-24(16-14-23)19(27)17-5-3-2-4-6-17/h17-18,26H,2-16H2,1H3,(H,21,22). The fourth-order valence-electron chi connectivity index (χ4n) is 4.54. The summed E-state index contributed by atoms with van der Waals surface area (Å²) in [7, 11) is 1.82. The summed E-state index contributed by atoms with van der Waals surface area (Å²) >= 11 is 0. The van der Waals surface area contributed by atoms with Gasteiger partial charge in [0.25, 0.3) is 0 Å². The van der Waals surface area contributed by atoms with Gasteiger partial charge in [-0.3, -0.25) is 14.7 Å². The van der Waals surface area contributed by atoms with Gasteiger partial charge in [-0.2, -0.15) is 0 Å². The van der Waals surface area contributed by atoms with Gasteiger partial charge < -0.3 is 20.2 Å². The average Bonchev–Trinajstić information content (AvgIpc) is 2.73. The summed E-state index contributed by atoms with van der Waals surface area (Å²) in [5, 5.41) is 13.1. The van der Waals surface area contributed by atoms with Crippen LogP contribution in [0.5, 0.6) is 0 Å². The first kappa shape index (κ1) is 20.4. The third-order valence-corrected chi connectivity index (χ3v) is 6.33. The predicted octanol–water partition coefficient (Wildman–Crippen LogP) is 0.743. The molecule has 2 N–H and O–H groups in total. The zero-order valence-corrected chi connectivity index (χ0v) is 16.9. The second-order valence-corrected chi connectivity index (χ2v) is 8.19. The predicted molar refractivity (Wildman–Crippen MR) is 108 cm³/mol. The molecule has 27 heavy (non-hydrogen) atoms. The highest BCUT2D eigenvalue weighted by Gasteiger charge is 2.28. The first-order valence-corrected chi connectivity index (χ1v) is 10.8. The Hall–Kier alpha value is -1.34. The maximum atomic E-state index is 12.7. The molecule has 0 unspecified atom stereocenters. The van der Waals surface area contributed by atoms with E-state index < -0.39 is 0 Å². The molecule has 2 aliphatic heterocycles. The Morgan fingerprint density at radius 2 is 1.63 bits per heavy atom. The van der Waals surface area contributed by atoms with Crippen LogP contribution < -0.4 is 5.32 Å². The molecular formula is C20H37N5O2. The van der Waals surface area contributed by atoms with Gasteiger partial charge in [-0.25, -0.2) is 0 Å². The van der Waals surface area contributed by atoms with Gasteiger partial charge >= 0.3 is 0 Å². The van der Waals surface area contributed by atoms with Gasteiger partial charge in [-0.05, 0) is 25.7 Å². The Morgan fingerprint density at radius 1 is 0.963 bits per heavy atom. The van der Waals surface area contributed by atoms with E-state index in [2.05, 4.69) is 25.0 Å². The van der Waals surface area contributed by atoms with E-state index in [0.717, 1.165) is 84.0 Å². The van der Waals surface area contributed by atoms with Crippen molar-refractivity contribution in [1.29, 1.82) is 0 Å². The lowest BCUT2D eigenvalue weighted by Crippen LogP contribution is -2.52. The van der Waals surface area contributed by atoms with Crippen LogP contribution in [-0.4, -0.2) is 97.2 Å². The van der Waals surface area contributed by atoms with Crippen LogP contribution >= 0.6 is 0 Å². The maximum absolute atomic E-state index is 12.7. The molecule has 0 aromatic rings. The smallest absolute Gasteiger partial charge is 0.225 e. The van der Waals surface area contributed by atoms with Crippen LogP contribution in [-0.2, 0) is 4.79 Å². The topological polar surface area (TPSA) is 71.4 Å². The van der Waals surface area contributed by atoms with Crippen molar-refractivity contribution in [3.63, 3.8) is 0 Å². The summed E-state index contributed by atoms with van der Waals surface area (Å²) in [5.41, 5.74) is 0. The van der Waals surface area contributed by atoms with Crippen LogP contribution in [0.1, 0.15) is 44.9 Å². The van der Waals surface area contributed by atoms with Crippen LogP contribution in [0, 0.1) is 5.92 Å². The molecule has 0 atom stereocenters. The van der Waals surface area contributed by atoms with Crippen molar-refractivity contribution in [2.75, 3.05) is 59.4 Å². The number of amides is 1. The number of hydrogen-bond donors (Lipinski definition) is 2. The summed E-state index contributed by atoms with van der Waals surface area (Å²) < 4.78 is 0. The molecule has 7 nitrogen and oxygen atoms in total. The summed E-state index contributed by atoms with van der Waals surface area (Å²) in [6, 6.07) is 0. The minimum atomic E-state index is -0.160. The number of guanidine groups is 1. The zero-order chi connectivity index (χ0) is 19.1. The van der Waals surface area contributed by atoms with E-state index in [1.54, 1.807) is 0 Å². The maximum Gasteiger partial charge on any atom is 0.225 e. The molecule has 3 rings (SSSR count). The van der Waals surface area contributed by atoms with Gasteiger partial charge in [0.2, 0.25) is 5.91 Å². The normalized spacial score (nSPS) is 24.3. The SMILES string of the molecule is CN=C(NCCN1CCN(C(=O)C2CCCCC2)CC1)N1CCC(O)CC1. The van der Waals surface area contributed by atoms with Crippen molar-refractivity contribution in [1.82, 2.24) is 20.0 Å². The molecule has 3 aliphatic rings. The molecule has 1 saturated carbocycles. The second kappa shape index (κ2) is 10.3. The van der Waals surface area contributed by atoms with Crippen LogP contribution in [0.25, 0.3) is 0 Å². The molecule has 0 radical (unpaired) electrons. The number of piperazine rings is 1. The molecule has 7 heteroatoms. The summed E-state index contributed by atoms with van der Waals surface area (Å²) in [4.78, 5) is 23.8. The van der Waals surface area contributed by atoms with Gasteiger partial charge in [-0.15, -0.1) is 0 Å². The fraction of sp³-hybridized carbons (Fsp3) is 0.900. The second-order valence-electron chi connectivity index (χ2n) is 8.19. The van der Waals surface area contributed by atoms with Crippen molar-refractivity contribution in [3.8, 4) is 0 Å². The fourth-order valence-corrected chi connectivity index (χ4v) is 4.54. The third-order valence-electron chi connectivity index (χ3n) is 6.33. The van der Waals surface area contributed by atoms with E-state index in [9.17, 15) is 9.90 Å². The van der Waals surface area contributed by atoms with E-state index in [0.29, 0.717) is 11.8 Å². The summed E-state index contributed by atoms with van der Waals surface area (Å²) in [5.74, 6) is 1.63. The minimum Gasteiger partial charge on any atom is -0.393 e. The zero-order valence-electron chi connectivity index (χ0n) is 16.9. The monoisotopic (exact) mass is 379 g/mol. The number of piperidine rings is 1. The van der Waals surface area contributed by atoms with Crippen molar-refractivity contribution < 1.29 is 9.90 Å². The molecule has 0 aromatic carbocycles. The van der Waals surface area contributed by atoms with Gasteiger partial charge in [0, 0.05) is 65.3 Å². The lowest BCUT2D eigenvalue weighted by molar-refractivity contribution is -0.138. The Labute approximate surface area is 163 Å². The molecule has 0 spiro atoms. The average molecular weight is 380 g/mol. The Bertz CT molecular complexity index is 491. The first-order valence-electron chi connectivity index (χ1n) is 10.8. The largest absolute Gasteiger partial charge is 0.393 e. The van der Waals surface area contributed by atoms with Crippen molar-refractivity contribution in [3.05, 3.63) is 0 Å². The number of rotatable bonds is 4. The highest BCUT2D eigenvalue weighted by Crippen LogP contribution is 2.25. The Kier molecular flexibility index (Phi) is 7.76. The molecule has 154 valence electrons. The molecule has 1 aliphatic carbocycles. The molecule has 1 amide bonds. The summed E-state index contributed by atoms with van der Waals surface area (Å²) in [6.45, 7) is 7.24. The number of nitrogens with one attached hydrogen (secondary N) is 1. The molecule has 3 fully saturated rings. The lowest BCUT2D eigenvalue weighted by Gasteiger charge is -2.37. The molecule has 2 heterocycles. The van der Waals surface area contributed by atoms with Crippen LogP contribution in [0.15, 0.2) is 4.99 Å². The number of aliphatic hydroxyl groups excluding tert-OH is 1. The van der Waals surface area contributed by atoms with Crippen molar-refractivity contribution in [2.24, 2.45) is 10.9 Å². The minimum absolute atomic E-state index is 0.160. The van der Waals surface area contributed by atoms with E-state index in [1.165, 1.54) is 19.3 Å². The van der Waals surface area contributed by atoms with E-state index in [1.807, 2.05) is 7.05 Å². The number of carbonyl (C=O) groups excluding carboxylic acids is 1. The number of likely N-dealkylation sites (tertiary alicyclic amines) is 1. The summed E-state index contributed by atoms with van der Waals surface area (Å²) in [6.07, 6.45) is 7.40. The first-order chi connectivity index (χ1) is 13.2. The number of hydrogen-bond acceptors (Lipinski definition) is 4. The molecule has 0 bridgehead atoms.